The van der Waals surface area contributed by atoms with Gasteiger partial charge in [0.2, 0.25) is 15.9 Å². The number of likely N-dealkylation sites (tertiary alicyclic amines) is 1. The van der Waals surface area contributed by atoms with Crippen LogP contribution in [-0.2, 0) is 26.2 Å². The number of hydrogen-bond acceptors (Lipinski definition) is 8. The first kappa shape index (κ1) is 41.9. The number of hydrogen-bond donors (Lipinski definition) is 3. The number of sulfonamides is 1. The maximum absolute atomic E-state index is 14.0. The third-order valence-electron chi connectivity index (χ3n) is 9.16. The molecule has 0 bridgehead atoms. The van der Waals surface area contributed by atoms with Crippen molar-refractivity contribution in [1.29, 1.82) is 5.41 Å². The molecule has 53 heavy (non-hydrogen) atoms. The van der Waals surface area contributed by atoms with Crippen molar-refractivity contribution in [1.82, 2.24) is 19.5 Å². The Morgan fingerprint density at radius 1 is 0.962 bits per heavy atom. The van der Waals surface area contributed by atoms with Crippen molar-refractivity contribution < 1.29 is 27.5 Å². The lowest BCUT2D eigenvalue weighted by molar-refractivity contribution is -0.134. The molecule has 4 N–H and O–H groups in total. The fraction of sp³-hybridized carbons (Fsp3) is 0.333. The van der Waals surface area contributed by atoms with Gasteiger partial charge in [-0.05, 0) is 81.1 Å². The normalized spacial score (nSPS) is 16.4. The highest BCUT2D eigenvalue weighted by molar-refractivity contribution is 7.89. The molecule has 2 saturated heterocycles. The lowest BCUT2D eigenvalue weighted by atomic mass is 10.0. The van der Waals surface area contributed by atoms with Gasteiger partial charge in [0.1, 0.15) is 40.4 Å². The van der Waals surface area contributed by atoms with E-state index < -0.39 is 16.1 Å². The van der Waals surface area contributed by atoms with Gasteiger partial charge in [0.05, 0.1) is 5.02 Å². The number of piperidine rings is 1. The maximum atomic E-state index is 14.0. The number of aryl methyl sites for hydroxylation is 1. The molecule has 284 valence electrons. The van der Waals surface area contributed by atoms with Crippen LogP contribution in [0.4, 0.5) is 0 Å². The number of nitrogens with zero attached hydrogens (tertiary/aromatic N) is 3. The molecule has 2 aliphatic rings. The fourth-order valence-electron chi connectivity index (χ4n) is 6.35. The average molecular weight is 827 g/mol. The summed E-state index contributed by atoms with van der Waals surface area (Å²) in [6.45, 7) is 2.64. The quantitative estimate of drug-likeness (QED) is 0.124. The van der Waals surface area contributed by atoms with Crippen LogP contribution in [0.15, 0.2) is 71.6 Å². The van der Waals surface area contributed by atoms with E-state index in [0.717, 1.165) is 11.1 Å². The Morgan fingerprint density at radius 2 is 1.68 bits per heavy atom. The van der Waals surface area contributed by atoms with Gasteiger partial charge >= 0.3 is 0 Å². The van der Waals surface area contributed by atoms with Gasteiger partial charge in [0.15, 0.2) is 6.61 Å². The smallest absolute Gasteiger partial charge is 0.260 e. The lowest BCUT2D eigenvalue weighted by Crippen LogP contribution is -2.52. The Balaban J connectivity index is 0.00000314. The highest BCUT2D eigenvalue weighted by atomic mass is 35.5. The van der Waals surface area contributed by atoms with E-state index in [1.165, 1.54) is 16.4 Å². The largest absolute Gasteiger partial charge is 0.487 e. The minimum atomic E-state index is -4.19. The van der Waals surface area contributed by atoms with Crippen molar-refractivity contribution in [3.8, 4) is 11.5 Å². The zero-order valence-corrected chi connectivity index (χ0v) is 32.7. The van der Waals surface area contributed by atoms with Gasteiger partial charge in [0, 0.05) is 52.9 Å². The summed E-state index contributed by atoms with van der Waals surface area (Å²) in [4.78, 5) is 32.4. The monoisotopic (exact) mass is 824 g/mol. The number of ether oxygens (including phenoxy) is 2. The van der Waals surface area contributed by atoms with Crippen molar-refractivity contribution in [2.75, 3.05) is 26.2 Å². The van der Waals surface area contributed by atoms with Gasteiger partial charge in [-0.2, -0.15) is 4.31 Å². The minimum Gasteiger partial charge on any atom is -0.487 e. The second-order valence-electron chi connectivity index (χ2n) is 12.6. The number of amides is 2. The summed E-state index contributed by atoms with van der Waals surface area (Å²) in [7, 11) is -4.19. The number of para-hydroxylation sites is 1. The molecule has 6 rings (SSSR count). The number of amidine groups is 1. The topological polar surface area (TPSA) is 168 Å². The molecule has 17 heteroatoms. The molecule has 4 aromatic rings. The van der Waals surface area contributed by atoms with E-state index in [2.05, 4.69) is 10.3 Å². The number of nitrogen functional groups attached to an aromatic ring is 1. The van der Waals surface area contributed by atoms with E-state index in [9.17, 15) is 18.0 Å². The number of aromatic nitrogens is 1. The summed E-state index contributed by atoms with van der Waals surface area (Å²) in [5.74, 6) is 0.378. The average Bonchev–Trinajstić information content (AvgIpc) is 3.63. The first-order valence-electron chi connectivity index (χ1n) is 16.6. The van der Waals surface area contributed by atoms with Gasteiger partial charge in [0.25, 0.3) is 5.91 Å². The van der Waals surface area contributed by atoms with Crippen LogP contribution in [0.2, 0.25) is 10.0 Å². The van der Waals surface area contributed by atoms with E-state index >= 15 is 0 Å². The van der Waals surface area contributed by atoms with E-state index in [1.807, 2.05) is 31.2 Å². The molecule has 0 radical (unpaired) electrons. The minimum absolute atomic E-state index is 0. The summed E-state index contributed by atoms with van der Waals surface area (Å²) in [5.41, 5.74) is 7.84. The molecule has 1 atom stereocenters. The predicted molar refractivity (Wildman–Crippen MR) is 209 cm³/mol. The summed E-state index contributed by atoms with van der Waals surface area (Å²) in [6, 6.07) is 17.7. The standard InChI is InChI=1S/C36H38Cl2N6O6S.2ClH/c1-22-7-8-23-4-2-6-30(34(23)41-22)50-20-27-28(37)13-14-31(33(27)38)51(47,48)44-17-3-5-29(44)36(46)42-25-15-18-43(19-16-25)32(45)21-49-26-11-9-24(10-12-26)35(39)40;;/h2,4,6-14,25,29H,3,5,15-21H2,1H3,(H3,39,40)(H,42,46);2*1H/t29-;;/m0../s1. The van der Waals surface area contributed by atoms with Crippen LogP contribution in [0.1, 0.15) is 42.5 Å². The van der Waals surface area contributed by atoms with Crippen molar-refractivity contribution in [2.24, 2.45) is 5.73 Å². The Bertz CT molecular complexity index is 2080. The number of carbonyl (C=O) groups is 2. The van der Waals surface area contributed by atoms with Gasteiger partial charge in [-0.3, -0.25) is 15.0 Å². The predicted octanol–water partition coefficient (Wildman–Crippen LogP) is 5.90. The maximum Gasteiger partial charge on any atom is 0.260 e. The molecule has 2 aliphatic heterocycles. The van der Waals surface area contributed by atoms with Crippen molar-refractivity contribution in [3.63, 3.8) is 0 Å². The summed E-state index contributed by atoms with van der Waals surface area (Å²) in [6.07, 6.45) is 1.91. The van der Waals surface area contributed by atoms with Crippen LogP contribution in [0, 0.1) is 12.3 Å². The van der Waals surface area contributed by atoms with Crippen molar-refractivity contribution in [3.05, 3.63) is 93.6 Å². The van der Waals surface area contributed by atoms with Gasteiger partial charge < -0.3 is 25.4 Å². The number of carbonyl (C=O) groups excluding carboxylic acids is 2. The molecular formula is C36H40Cl4N6O6S. The molecular weight excluding hydrogens is 786 g/mol. The molecule has 3 heterocycles. The Morgan fingerprint density at radius 3 is 2.38 bits per heavy atom. The molecule has 2 fully saturated rings. The molecule has 12 nitrogen and oxygen atoms in total. The van der Waals surface area contributed by atoms with E-state index in [-0.39, 0.29) is 83.2 Å². The molecule has 3 aromatic carbocycles. The van der Waals surface area contributed by atoms with Crippen molar-refractivity contribution in [2.45, 2.75) is 56.2 Å². The third kappa shape index (κ3) is 9.45. The molecule has 0 unspecified atom stereocenters. The number of halogens is 4. The van der Waals surface area contributed by atoms with Crippen LogP contribution < -0.4 is 20.5 Å². The second-order valence-corrected chi connectivity index (χ2v) is 15.2. The van der Waals surface area contributed by atoms with Crippen LogP contribution in [0.25, 0.3) is 10.9 Å². The van der Waals surface area contributed by atoms with Crippen LogP contribution in [-0.4, -0.2) is 78.6 Å². The first-order chi connectivity index (χ1) is 24.4. The molecule has 0 spiro atoms. The summed E-state index contributed by atoms with van der Waals surface area (Å²) < 4.78 is 41.0. The third-order valence-corrected chi connectivity index (χ3v) is 12.0. The molecule has 1 aromatic heterocycles. The zero-order valence-electron chi connectivity index (χ0n) is 28.7. The molecule has 2 amide bonds. The van der Waals surface area contributed by atoms with Crippen molar-refractivity contribution >= 4 is 86.6 Å². The number of nitrogens with two attached hydrogens (primary N) is 1. The fourth-order valence-corrected chi connectivity index (χ4v) is 8.87. The van der Waals surface area contributed by atoms with Gasteiger partial charge in [-0.15, -0.1) is 24.8 Å². The first-order valence-corrected chi connectivity index (χ1v) is 18.8. The van der Waals surface area contributed by atoms with Crippen LogP contribution >= 0.6 is 48.0 Å². The number of pyridine rings is 1. The molecule has 0 saturated carbocycles. The Labute approximate surface area is 330 Å². The number of rotatable bonds is 11. The SMILES string of the molecule is Cc1ccc2cccc(OCc3c(Cl)ccc(S(=O)(=O)N4CCC[C@H]4C(=O)NC4CCN(C(=O)COc5ccc(C(=N)N)cc5)CC4)c3Cl)c2n1.Cl.Cl. The Hall–Kier alpha value is -3.85. The second kappa shape index (κ2) is 18.0. The van der Waals surface area contributed by atoms with E-state index in [4.69, 9.17) is 43.8 Å². The van der Waals surface area contributed by atoms with Crippen LogP contribution in [0.5, 0.6) is 11.5 Å². The highest BCUT2D eigenvalue weighted by Gasteiger charge is 2.41. The summed E-state index contributed by atoms with van der Waals surface area (Å²) in [5, 5.41) is 11.6. The zero-order chi connectivity index (χ0) is 36.3. The number of benzene rings is 3. The highest BCUT2D eigenvalue weighted by Crippen LogP contribution is 2.36. The van der Waals surface area contributed by atoms with E-state index in [0.29, 0.717) is 66.9 Å². The number of fused-ring (bicyclic) bond motifs is 1. The lowest BCUT2D eigenvalue weighted by Gasteiger charge is -2.33. The van der Waals surface area contributed by atoms with Gasteiger partial charge in [-0.25, -0.2) is 13.4 Å². The molecule has 0 aliphatic carbocycles. The summed E-state index contributed by atoms with van der Waals surface area (Å²) >= 11 is 13.2. The van der Waals surface area contributed by atoms with Crippen LogP contribution in [0.3, 0.4) is 0 Å². The van der Waals surface area contributed by atoms with Gasteiger partial charge in [-0.1, -0.05) is 41.4 Å². The Kier molecular flexibility index (Phi) is 14.2. The number of nitrogens with one attached hydrogen (secondary N) is 2. The van der Waals surface area contributed by atoms with E-state index in [1.54, 1.807) is 35.2 Å².